The first-order valence-electron chi connectivity index (χ1n) is 6.70. The van der Waals surface area contributed by atoms with Crippen molar-refractivity contribution < 1.29 is 4.79 Å². The van der Waals surface area contributed by atoms with E-state index in [2.05, 4.69) is 5.10 Å². The number of carbonyl (C=O) groups excluding carboxylic acids is 1. The summed E-state index contributed by atoms with van der Waals surface area (Å²) in [5.74, 6) is -0.135. The molecule has 0 radical (unpaired) electrons. The summed E-state index contributed by atoms with van der Waals surface area (Å²) in [6.45, 7) is 1.95. The second-order valence-electron chi connectivity index (χ2n) is 5.30. The lowest BCUT2D eigenvalue weighted by molar-refractivity contribution is 0.0821. The summed E-state index contributed by atoms with van der Waals surface area (Å²) in [7, 11) is 3.39. The summed E-state index contributed by atoms with van der Waals surface area (Å²) in [6, 6.07) is 7.33. The van der Waals surface area contributed by atoms with Crippen LogP contribution < -0.4 is 5.73 Å². The van der Waals surface area contributed by atoms with Crippen molar-refractivity contribution in [2.24, 2.45) is 5.73 Å². The predicted octanol–water partition coefficient (Wildman–Crippen LogP) is 2.12. The van der Waals surface area contributed by atoms with Crippen molar-refractivity contribution in [3.8, 4) is 5.69 Å². The minimum atomic E-state index is -0.135. The summed E-state index contributed by atoms with van der Waals surface area (Å²) in [5, 5.41) is 4.96. The lowest BCUT2D eigenvalue weighted by atomic mass is 10.1. The molecule has 1 atom stereocenters. The van der Waals surface area contributed by atoms with Gasteiger partial charge in [0.05, 0.1) is 5.69 Å². The third kappa shape index (κ3) is 3.62. The van der Waals surface area contributed by atoms with E-state index in [4.69, 9.17) is 17.3 Å². The zero-order valence-electron chi connectivity index (χ0n) is 12.4. The van der Waals surface area contributed by atoms with Crippen LogP contribution in [0.1, 0.15) is 23.0 Å². The summed E-state index contributed by atoms with van der Waals surface area (Å²) in [4.78, 5) is 13.4. The van der Waals surface area contributed by atoms with Crippen molar-refractivity contribution in [3.63, 3.8) is 0 Å². The van der Waals surface area contributed by atoms with E-state index in [9.17, 15) is 4.79 Å². The molecule has 112 valence electrons. The number of hydrogen-bond acceptors (Lipinski definition) is 3. The molecule has 1 aromatic heterocycles. The molecule has 5 nitrogen and oxygen atoms in total. The Morgan fingerprint density at radius 2 is 2.14 bits per heavy atom. The molecular formula is C15H19ClN4O. The van der Waals surface area contributed by atoms with E-state index in [1.807, 2.05) is 25.1 Å². The fourth-order valence-electron chi connectivity index (χ4n) is 2.07. The fraction of sp³-hybridized carbons (Fsp3) is 0.333. The van der Waals surface area contributed by atoms with Gasteiger partial charge >= 0.3 is 0 Å². The first-order chi connectivity index (χ1) is 9.88. The van der Waals surface area contributed by atoms with Gasteiger partial charge in [-0.2, -0.15) is 5.10 Å². The molecule has 21 heavy (non-hydrogen) atoms. The molecule has 6 heteroatoms. The van der Waals surface area contributed by atoms with Gasteiger partial charge in [0.15, 0.2) is 5.69 Å². The molecule has 0 aliphatic rings. The highest BCUT2D eigenvalue weighted by molar-refractivity contribution is 6.30. The number of amides is 1. The average molecular weight is 307 g/mol. The van der Waals surface area contributed by atoms with Gasteiger partial charge in [0, 0.05) is 31.4 Å². The lowest BCUT2D eigenvalue weighted by Crippen LogP contribution is -2.22. The van der Waals surface area contributed by atoms with Crippen LogP contribution in [0.4, 0.5) is 0 Å². The topological polar surface area (TPSA) is 64.2 Å². The molecule has 2 rings (SSSR count). The van der Waals surface area contributed by atoms with E-state index in [-0.39, 0.29) is 11.9 Å². The van der Waals surface area contributed by atoms with Crippen molar-refractivity contribution in [2.75, 3.05) is 14.1 Å². The van der Waals surface area contributed by atoms with E-state index < -0.39 is 0 Å². The maximum atomic E-state index is 11.9. The average Bonchev–Trinajstić information content (AvgIpc) is 2.88. The number of hydrogen-bond donors (Lipinski definition) is 1. The minimum absolute atomic E-state index is 0.0309. The molecule has 0 aliphatic heterocycles. The molecule has 1 unspecified atom stereocenters. The van der Waals surface area contributed by atoms with Gasteiger partial charge in [0.2, 0.25) is 0 Å². The summed E-state index contributed by atoms with van der Waals surface area (Å²) < 4.78 is 1.67. The van der Waals surface area contributed by atoms with Gasteiger partial charge in [0.25, 0.3) is 5.91 Å². The van der Waals surface area contributed by atoms with Crippen molar-refractivity contribution in [3.05, 3.63) is 46.7 Å². The third-order valence-corrected chi connectivity index (χ3v) is 3.29. The quantitative estimate of drug-likeness (QED) is 0.941. The zero-order chi connectivity index (χ0) is 15.6. The molecule has 0 saturated carbocycles. The Morgan fingerprint density at radius 3 is 2.76 bits per heavy atom. The number of nitrogens with two attached hydrogens (primary N) is 1. The van der Waals surface area contributed by atoms with Gasteiger partial charge in [-0.1, -0.05) is 17.7 Å². The Hall–Kier alpha value is -1.85. The van der Waals surface area contributed by atoms with E-state index in [1.165, 1.54) is 4.90 Å². The Kier molecular flexibility index (Phi) is 4.65. The van der Waals surface area contributed by atoms with Crippen LogP contribution in [0.15, 0.2) is 30.5 Å². The summed E-state index contributed by atoms with van der Waals surface area (Å²) >= 11 is 6.08. The first kappa shape index (κ1) is 15.5. The van der Waals surface area contributed by atoms with Crippen LogP contribution in [0.2, 0.25) is 5.02 Å². The van der Waals surface area contributed by atoms with Crippen molar-refractivity contribution in [1.82, 2.24) is 14.7 Å². The smallest absolute Gasteiger partial charge is 0.273 e. The molecule has 0 aliphatic carbocycles. The van der Waals surface area contributed by atoms with Crippen LogP contribution >= 0.6 is 11.6 Å². The van der Waals surface area contributed by atoms with Crippen LogP contribution in [0.25, 0.3) is 5.69 Å². The number of halogens is 1. The van der Waals surface area contributed by atoms with Gasteiger partial charge in [-0.15, -0.1) is 0 Å². The molecule has 1 heterocycles. The number of rotatable bonds is 4. The SMILES string of the molecule is CC(N)Cc1ccc(Cl)cc1-n1ccc(C(=O)N(C)C)n1. The van der Waals surface area contributed by atoms with E-state index in [0.717, 1.165) is 11.3 Å². The second-order valence-corrected chi connectivity index (χ2v) is 5.74. The highest BCUT2D eigenvalue weighted by atomic mass is 35.5. The van der Waals surface area contributed by atoms with Crippen LogP contribution in [-0.4, -0.2) is 40.7 Å². The highest BCUT2D eigenvalue weighted by Crippen LogP contribution is 2.21. The molecule has 2 aromatic rings. The van der Waals surface area contributed by atoms with Gasteiger partial charge < -0.3 is 10.6 Å². The van der Waals surface area contributed by atoms with Crippen molar-refractivity contribution >= 4 is 17.5 Å². The minimum Gasteiger partial charge on any atom is -0.343 e. The van der Waals surface area contributed by atoms with Crippen LogP contribution in [0, 0.1) is 0 Å². The summed E-state index contributed by atoms with van der Waals surface area (Å²) in [6.07, 6.45) is 2.47. The molecule has 1 aromatic carbocycles. The molecule has 2 N–H and O–H groups in total. The normalized spacial score (nSPS) is 12.2. The molecular weight excluding hydrogens is 288 g/mol. The molecule has 0 spiro atoms. The number of benzene rings is 1. The Labute approximate surface area is 129 Å². The summed E-state index contributed by atoms with van der Waals surface area (Å²) in [5.41, 5.74) is 8.16. The van der Waals surface area contributed by atoms with E-state index in [0.29, 0.717) is 17.1 Å². The van der Waals surface area contributed by atoms with E-state index in [1.54, 1.807) is 31.0 Å². The van der Waals surface area contributed by atoms with Gasteiger partial charge in [-0.3, -0.25) is 4.79 Å². The van der Waals surface area contributed by atoms with Gasteiger partial charge in [-0.05, 0) is 37.1 Å². The Balaban J connectivity index is 2.41. The predicted molar refractivity (Wildman–Crippen MR) is 83.9 cm³/mol. The highest BCUT2D eigenvalue weighted by Gasteiger charge is 2.14. The molecule has 1 amide bonds. The molecule has 0 bridgehead atoms. The van der Waals surface area contributed by atoms with Crippen LogP contribution in [0.3, 0.4) is 0 Å². The largest absolute Gasteiger partial charge is 0.343 e. The molecule has 0 saturated heterocycles. The van der Waals surface area contributed by atoms with Crippen molar-refractivity contribution in [2.45, 2.75) is 19.4 Å². The third-order valence-electron chi connectivity index (χ3n) is 3.05. The Bertz CT molecular complexity index is 649. The zero-order valence-corrected chi connectivity index (χ0v) is 13.1. The number of nitrogens with zero attached hydrogens (tertiary/aromatic N) is 3. The number of aromatic nitrogens is 2. The maximum absolute atomic E-state index is 11.9. The van der Waals surface area contributed by atoms with Crippen LogP contribution in [-0.2, 0) is 6.42 Å². The number of carbonyl (C=O) groups is 1. The monoisotopic (exact) mass is 306 g/mol. The second kappa shape index (κ2) is 6.28. The lowest BCUT2D eigenvalue weighted by Gasteiger charge is -2.12. The standard InChI is InChI=1S/C15H19ClN4O/c1-10(17)8-11-4-5-12(16)9-14(11)20-7-6-13(18-20)15(21)19(2)3/h4-7,9-10H,8,17H2,1-3H3. The van der Waals surface area contributed by atoms with E-state index >= 15 is 0 Å². The van der Waals surface area contributed by atoms with Gasteiger partial charge in [-0.25, -0.2) is 4.68 Å². The van der Waals surface area contributed by atoms with Crippen LogP contribution in [0.5, 0.6) is 0 Å². The van der Waals surface area contributed by atoms with Gasteiger partial charge in [0.1, 0.15) is 0 Å². The fourth-order valence-corrected chi connectivity index (χ4v) is 2.24. The molecule has 0 fully saturated rings. The van der Waals surface area contributed by atoms with Crippen molar-refractivity contribution in [1.29, 1.82) is 0 Å². The maximum Gasteiger partial charge on any atom is 0.273 e. The Morgan fingerprint density at radius 1 is 1.43 bits per heavy atom. The first-order valence-corrected chi connectivity index (χ1v) is 7.08.